The van der Waals surface area contributed by atoms with Crippen LogP contribution in [-0.4, -0.2) is 51.9 Å². The molecule has 0 aliphatic heterocycles. The van der Waals surface area contributed by atoms with E-state index in [1.54, 1.807) is 0 Å². The predicted molar refractivity (Wildman–Crippen MR) is 80.3 cm³/mol. The van der Waals surface area contributed by atoms with E-state index in [0.29, 0.717) is 5.32 Å². The number of ether oxygens (including phenoxy) is 1. The lowest BCUT2D eigenvalue weighted by Crippen LogP contribution is -2.66. The number of anilines is 1. The van der Waals surface area contributed by atoms with E-state index in [4.69, 9.17) is 0 Å². The van der Waals surface area contributed by atoms with Crippen LogP contribution in [-0.2, 0) is 9.53 Å². The Hall–Kier alpha value is -3.46. The van der Waals surface area contributed by atoms with Gasteiger partial charge in [0.25, 0.3) is 17.3 Å². The van der Waals surface area contributed by atoms with Gasteiger partial charge in [0.2, 0.25) is 0 Å². The van der Waals surface area contributed by atoms with Crippen LogP contribution in [0.15, 0.2) is 18.2 Å². The molecule has 0 bridgehead atoms. The van der Waals surface area contributed by atoms with E-state index in [2.05, 4.69) is 0 Å². The molecular weight excluding hydrogens is 541 g/mol. The highest BCUT2D eigenvalue weighted by Gasteiger charge is 2.85. The highest BCUT2D eigenvalue weighted by Crippen LogP contribution is 2.55. The largest absolute Gasteiger partial charge is 0.460 e. The number of alkyl halides is 13. The van der Waals surface area contributed by atoms with Crippen LogP contribution in [0.2, 0.25) is 0 Å². The third-order valence-electron chi connectivity index (χ3n) is 3.68. The van der Waals surface area contributed by atoms with Crippen molar-refractivity contribution in [3.05, 3.63) is 38.4 Å². The maximum Gasteiger partial charge on any atom is 0.460 e. The van der Waals surface area contributed by atoms with E-state index in [0.717, 1.165) is 0 Å². The number of nitrogens with one attached hydrogen (secondary N) is 1. The number of amides is 1. The molecule has 0 aromatic heterocycles. The number of halogens is 13. The third-order valence-corrected chi connectivity index (χ3v) is 3.68. The van der Waals surface area contributed by atoms with Gasteiger partial charge in [0, 0.05) is 6.07 Å². The van der Waals surface area contributed by atoms with Crippen LogP contribution < -0.4 is 5.32 Å². The summed E-state index contributed by atoms with van der Waals surface area (Å²) in [4.78, 5) is 30.1. The number of nitrogens with zero attached hydrogens (tertiary/aromatic N) is 2. The van der Waals surface area contributed by atoms with Crippen LogP contribution in [0.25, 0.3) is 0 Å². The highest BCUT2D eigenvalue weighted by atomic mass is 19.4. The standard InChI is InChI=1S/C13H4F13N3O6/c14-8(11(19,20)21,35-13(25,26)10(17,18)9(15,16)12(22,23)24)7(30)27-5-2-1-4(28(31)32)3-6(5)29(33)34/h1-3H,(H,27,30). The highest BCUT2D eigenvalue weighted by molar-refractivity contribution is 5.98. The van der Waals surface area contributed by atoms with Gasteiger partial charge in [-0.25, -0.2) is 0 Å². The Bertz CT molecular complexity index is 1030. The van der Waals surface area contributed by atoms with Crippen LogP contribution in [0.4, 0.5) is 74.1 Å². The summed E-state index contributed by atoms with van der Waals surface area (Å²) in [6.45, 7) is 0. The molecule has 1 rings (SSSR count). The summed E-state index contributed by atoms with van der Waals surface area (Å²) in [6.07, 6.45) is -22.4. The molecule has 1 N–H and O–H groups in total. The monoisotopic (exact) mass is 545 g/mol. The minimum absolute atomic E-state index is 0.0372. The molecule has 1 aromatic carbocycles. The van der Waals surface area contributed by atoms with Crippen molar-refractivity contribution in [1.82, 2.24) is 0 Å². The Balaban J connectivity index is 3.56. The van der Waals surface area contributed by atoms with Gasteiger partial charge in [0.15, 0.2) is 0 Å². The first-order chi connectivity index (χ1) is 15.3. The van der Waals surface area contributed by atoms with Gasteiger partial charge < -0.3 is 5.32 Å². The average Bonchev–Trinajstić information content (AvgIpc) is 2.65. The predicted octanol–water partition coefficient (Wildman–Crippen LogP) is 5.11. The number of carbonyl (C=O) groups excluding carboxylic acids is 1. The molecule has 0 radical (unpaired) electrons. The second kappa shape index (κ2) is 8.64. The average molecular weight is 545 g/mol. The fourth-order valence-electron chi connectivity index (χ4n) is 1.93. The molecule has 198 valence electrons. The number of carbonyl (C=O) groups is 1. The summed E-state index contributed by atoms with van der Waals surface area (Å²) in [5.41, 5.74) is -4.48. The molecule has 1 amide bonds. The minimum atomic E-state index is -7.94. The number of rotatable bonds is 8. The van der Waals surface area contributed by atoms with Gasteiger partial charge in [-0.15, -0.1) is 0 Å². The number of nitro groups is 2. The molecule has 0 fully saturated rings. The lowest BCUT2D eigenvalue weighted by molar-refractivity contribution is -0.481. The lowest BCUT2D eigenvalue weighted by atomic mass is 10.1. The summed E-state index contributed by atoms with van der Waals surface area (Å²) >= 11 is 0. The molecule has 22 heteroatoms. The van der Waals surface area contributed by atoms with Gasteiger partial charge in [-0.3, -0.25) is 29.8 Å². The Kier molecular flexibility index (Phi) is 7.30. The first-order valence-electron chi connectivity index (χ1n) is 7.73. The molecule has 9 nitrogen and oxygen atoms in total. The summed E-state index contributed by atoms with van der Waals surface area (Å²) in [6, 6.07) is 0.204. The summed E-state index contributed by atoms with van der Waals surface area (Å²) in [5.74, 6) is -26.3. The van der Waals surface area contributed by atoms with Crippen molar-refractivity contribution in [2.45, 2.75) is 36.2 Å². The molecule has 0 aliphatic carbocycles. The Morgan fingerprint density at radius 3 is 1.63 bits per heavy atom. The molecule has 0 aliphatic rings. The molecule has 0 spiro atoms. The van der Waals surface area contributed by atoms with E-state index in [1.807, 2.05) is 4.74 Å². The van der Waals surface area contributed by atoms with Crippen molar-refractivity contribution in [3.63, 3.8) is 0 Å². The summed E-state index contributed by atoms with van der Waals surface area (Å²) in [7, 11) is 0. The molecule has 0 saturated heterocycles. The molecule has 1 atom stereocenters. The van der Waals surface area contributed by atoms with Crippen molar-refractivity contribution in [2.75, 3.05) is 5.32 Å². The van der Waals surface area contributed by atoms with E-state index in [1.165, 1.54) is 0 Å². The van der Waals surface area contributed by atoms with Crippen LogP contribution in [0.5, 0.6) is 0 Å². The van der Waals surface area contributed by atoms with E-state index in [9.17, 15) is 82.1 Å². The lowest BCUT2D eigenvalue weighted by Gasteiger charge is -2.36. The number of hydrogen-bond acceptors (Lipinski definition) is 6. The Morgan fingerprint density at radius 2 is 1.26 bits per heavy atom. The first kappa shape index (κ1) is 29.6. The number of non-ortho nitro benzene ring substituents is 1. The molecular formula is C13H4F13N3O6. The van der Waals surface area contributed by atoms with Crippen molar-refractivity contribution < 1.29 is 76.5 Å². The first-order valence-corrected chi connectivity index (χ1v) is 7.73. The summed E-state index contributed by atoms with van der Waals surface area (Å²) in [5, 5.41) is 22.0. The fraction of sp³-hybridized carbons (Fsp3) is 0.462. The fourth-order valence-corrected chi connectivity index (χ4v) is 1.93. The van der Waals surface area contributed by atoms with Crippen molar-refractivity contribution in [3.8, 4) is 0 Å². The topological polar surface area (TPSA) is 125 Å². The minimum Gasteiger partial charge on any atom is -0.315 e. The number of hydrogen-bond donors (Lipinski definition) is 1. The van der Waals surface area contributed by atoms with E-state index < -0.39 is 69.0 Å². The molecule has 0 heterocycles. The van der Waals surface area contributed by atoms with Crippen LogP contribution in [0, 0.1) is 20.2 Å². The van der Waals surface area contributed by atoms with E-state index >= 15 is 0 Å². The third kappa shape index (κ3) is 5.14. The van der Waals surface area contributed by atoms with Gasteiger partial charge in [0.05, 0.1) is 15.9 Å². The molecule has 1 unspecified atom stereocenters. The van der Waals surface area contributed by atoms with Crippen molar-refractivity contribution >= 4 is 23.0 Å². The maximum atomic E-state index is 14.3. The zero-order chi connectivity index (χ0) is 28.0. The van der Waals surface area contributed by atoms with Crippen LogP contribution >= 0.6 is 0 Å². The maximum absolute atomic E-state index is 14.3. The Labute approximate surface area is 180 Å². The van der Waals surface area contributed by atoms with Crippen molar-refractivity contribution in [2.24, 2.45) is 0 Å². The van der Waals surface area contributed by atoms with Gasteiger partial charge in [-0.05, 0) is 6.07 Å². The van der Waals surface area contributed by atoms with Crippen molar-refractivity contribution in [1.29, 1.82) is 0 Å². The smallest absolute Gasteiger partial charge is 0.315 e. The number of benzene rings is 1. The van der Waals surface area contributed by atoms with Gasteiger partial charge in [-0.1, -0.05) is 0 Å². The molecule has 0 saturated carbocycles. The zero-order valence-corrected chi connectivity index (χ0v) is 15.5. The summed E-state index contributed by atoms with van der Waals surface area (Å²) < 4.78 is 170. The van der Waals surface area contributed by atoms with E-state index in [-0.39, 0.29) is 18.2 Å². The van der Waals surface area contributed by atoms with Gasteiger partial charge in [0.1, 0.15) is 5.69 Å². The second-order valence-corrected chi connectivity index (χ2v) is 6.03. The quantitative estimate of drug-likeness (QED) is 0.275. The molecule has 1 aromatic rings. The second-order valence-electron chi connectivity index (χ2n) is 6.03. The SMILES string of the molecule is O=C(Nc1ccc([N+](=O)[O-])cc1[N+](=O)[O-])C(F)(OC(F)(F)C(F)(F)C(F)(F)C(F)(F)F)C(F)(F)F. The normalized spacial score (nSPS) is 15.3. The van der Waals surface area contributed by atoms with Crippen LogP contribution in [0.3, 0.4) is 0 Å². The molecule has 35 heavy (non-hydrogen) atoms. The van der Waals surface area contributed by atoms with Gasteiger partial charge in [-0.2, -0.15) is 57.1 Å². The number of nitro benzene ring substituents is 2. The Morgan fingerprint density at radius 1 is 0.771 bits per heavy atom. The van der Waals surface area contributed by atoms with Gasteiger partial charge >= 0.3 is 36.2 Å². The zero-order valence-electron chi connectivity index (χ0n) is 15.5. The van der Waals surface area contributed by atoms with Crippen LogP contribution in [0.1, 0.15) is 0 Å².